The van der Waals surface area contributed by atoms with Gasteiger partial charge in [-0.2, -0.15) is 0 Å². The van der Waals surface area contributed by atoms with E-state index in [-0.39, 0.29) is 5.88 Å². The standard InChI is InChI=1S/C25H36N2O4/c1-4-6-7-8-9-10-11-16-29-25(28)31-24-18-26-23(17-27-24)21-12-14-22(15-13-21)30-19-20(3)5-2/h12-15,17-18,20H,4-11,16,19H2,1-3H3. The Morgan fingerprint density at radius 1 is 0.935 bits per heavy atom. The Bertz CT molecular complexity index is 747. The van der Waals surface area contributed by atoms with Crippen LogP contribution in [-0.2, 0) is 4.74 Å². The Balaban J connectivity index is 1.70. The highest BCUT2D eigenvalue weighted by molar-refractivity contribution is 5.63. The maximum atomic E-state index is 11.8. The van der Waals surface area contributed by atoms with E-state index in [0.717, 1.165) is 30.6 Å². The third-order valence-electron chi connectivity index (χ3n) is 5.17. The van der Waals surface area contributed by atoms with Gasteiger partial charge < -0.3 is 14.2 Å². The fourth-order valence-electron chi connectivity index (χ4n) is 2.93. The minimum Gasteiger partial charge on any atom is -0.493 e. The van der Waals surface area contributed by atoms with Crippen LogP contribution >= 0.6 is 0 Å². The van der Waals surface area contributed by atoms with E-state index in [1.165, 1.54) is 38.3 Å². The highest BCUT2D eigenvalue weighted by atomic mass is 16.7. The Labute approximate surface area is 186 Å². The topological polar surface area (TPSA) is 70.5 Å². The van der Waals surface area contributed by atoms with Gasteiger partial charge in [0.05, 0.1) is 31.3 Å². The number of benzene rings is 1. The van der Waals surface area contributed by atoms with Gasteiger partial charge in [-0.3, -0.25) is 0 Å². The lowest BCUT2D eigenvalue weighted by Gasteiger charge is -2.11. The number of carbonyl (C=O) groups excluding carboxylic acids is 1. The first-order valence-electron chi connectivity index (χ1n) is 11.5. The van der Waals surface area contributed by atoms with Gasteiger partial charge in [0, 0.05) is 5.56 Å². The Morgan fingerprint density at radius 3 is 2.29 bits per heavy atom. The number of rotatable bonds is 14. The summed E-state index contributed by atoms with van der Waals surface area (Å²) in [5.41, 5.74) is 1.61. The van der Waals surface area contributed by atoms with Gasteiger partial charge >= 0.3 is 6.16 Å². The maximum absolute atomic E-state index is 11.8. The molecule has 1 aromatic heterocycles. The van der Waals surface area contributed by atoms with Crippen molar-refractivity contribution in [3.8, 4) is 22.9 Å². The summed E-state index contributed by atoms with van der Waals surface area (Å²) in [6.07, 6.45) is 11.5. The van der Waals surface area contributed by atoms with E-state index in [9.17, 15) is 4.79 Å². The number of hydrogen-bond acceptors (Lipinski definition) is 6. The van der Waals surface area contributed by atoms with Gasteiger partial charge in [0.1, 0.15) is 5.75 Å². The first-order chi connectivity index (χ1) is 15.1. The van der Waals surface area contributed by atoms with E-state index in [1.807, 2.05) is 24.3 Å². The molecule has 170 valence electrons. The Morgan fingerprint density at radius 2 is 1.65 bits per heavy atom. The van der Waals surface area contributed by atoms with Gasteiger partial charge in [-0.15, -0.1) is 0 Å². The normalized spacial score (nSPS) is 11.7. The van der Waals surface area contributed by atoms with Crippen LogP contribution in [-0.4, -0.2) is 29.3 Å². The van der Waals surface area contributed by atoms with E-state index < -0.39 is 6.16 Å². The van der Waals surface area contributed by atoms with Crippen molar-refractivity contribution < 1.29 is 19.0 Å². The van der Waals surface area contributed by atoms with E-state index in [4.69, 9.17) is 14.2 Å². The molecule has 0 aliphatic carbocycles. The zero-order valence-electron chi connectivity index (χ0n) is 19.1. The molecule has 0 saturated heterocycles. The van der Waals surface area contributed by atoms with Gasteiger partial charge in [-0.1, -0.05) is 65.7 Å². The van der Waals surface area contributed by atoms with Gasteiger partial charge in [-0.05, 0) is 36.6 Å². The van der Waals surface area contributed by atoms with Crippen molar-refractivity contribution in [2.75, 3.05) is 13.2 Å². The molecule has 0 radical (unpaired) electrons. The number of hydrogen-bond donors (Lipinski definition) is 0. The predicted octanol–water partition coefficient (Wildman–Crippen LogP) is 6.83. The summed E-state index contributed by atoms with van der Waals surface area (Å²) in [6.45, 7) is 7.60. The largest absolute Gasteiger partial charge is 0.515 e. The zero-order valence-corrected chi connectivity index (χ0v) is 19.1. The van der Waals surface area contributed by atoms with Crippen molar-refractivity contribution in [3.63, 3.8) is 0 Å². The first kappa shape index (κ1) is 24.6. The molecule has 2 rings (SSSR count). The summed E-state index contributed by atoms with van der Waals surface area (Å²) >= 11 is 0. The minimum atomic E-state index is -0.740. The molecule has 2 aromatic rings. The fourth-order valence-corrected chi connectivity index (χ4v) is 2.93. The van der Waals surface area contributed by atoms with Crippen LogP contribution in [0, 0.1) is 5.92 Å². The molecule has 6 nitrogen and oxygen atoms in total. The van der Waals surface area contributed by atoms with Gasteiger partial charge in [0.2, 0.25) is 5.88 Å². The molecule has 0 aliphatic rings. The maximum Gasteiger partial charge on any atom is 0.515 e. The van der Waals surface area contributed by atoms with Crippen molar-refractivity contribution >= 4 is 6.16 Å². The van der Waals surface area contributed by atoms with Crippen LogP contribution in [0.3, 0.4) is 0 Å². The first-order valence-corrected chi connectivity index (χ1v) is 11.5. The van der Waals surface area contributed by atoms with Crippen LogP contribution < -0.4 is 9.47 Å². The molecule has 0 N–H and O–H groups in total. The fraction of sp³-hybridized carbons (Fsp3) is 0.560. The highest BCUT2D eigenvalue weighted by Gasteiger charge is 2.09. The van der Waals surface area contributed by atoms with E-state index >= 15 is 0 Å². The van der Waals surface area contributed by atoms with Crippen LogP contribution in [0.2, 0.25) is 0 Å². The summed E-state index contributed by atoms with van der Waals surface area (Å²) < 4.78 is 16.0. The van der Waals surface area contributed by atoms with Crippen LogP contribution in [0.15, 0.2) is 36.7 Å². The molecule has 6 heteroatoms. The van der Waals surface area contributed by atoms with Crippen molar-refractivity contribution in [1.29, 1.82) is 0 Å². The van der Waals surface area contributed by atoms with E-state index in [0.29, 0.717) is 24.8 Å². The number of carbonyl (C=O) groups is 1. The second kappa shape index (κ2) is 14.4. The summed E-state index contributed by atoms with van der Waals surface area (Å²) in [4.78, 5) is 20.3. The molecule has 0 fully saturated rings. The molecule has 0 saturated carbocycles. The van der Waals surface area contributed by atoms with Gasteiger partial charge in [0.15, 0.2) is 0 Å². The monoisotopic (exact) mass is 428 g/mol. The van der Waals surface area contributed by atoms with E-state index in [1.54, 1.807) is 6.20 Å². The third kappa shape index (κ3) is 9.81. The number of aromatic nitrogens is 2. The average Bonchev–Trinajstić information content (AvgIpc) is 2.80. The molecule has 0 spiro atoms. The summed E-state index contributed by atoms with van der Waals surface area (Å²) in [7, 11) is 0. The average molecular weight is 429 g/mol. The quantitative estimate of drug-likeness (QED) is 0.242. The van der Waals surface area contributed by atoms with E-state index in [2.05, 4.69) is 30.7 Å². The zero-order chi connectivity index (χ0) is 22.3. The minimum absolute atomic E-state index is 0.127. The smallest absolute Gasteiger partial charge is 0.493 e. The summed E-state index contributed by atoms with van der Waals surface area (Å²) in [5.74, 6) is 1.49. The van der Waals surface area contributed by atoms with Crippen molar-refractivity contribution in [2.24, 2.45) is 5.92 Å². The van der Waals surface area contributed by atoms with Crippen molar-refractivity contribution in [2.45, 2.75) is 72.1 Å². The predicted molar refractivity (Wildman–Crippen MR) is 122 cm³/mol. The van der Waals surface area contributed by atoms with Gasteiger partial charge in [-0.25, -0.2) is 14.8 Å². The number of ether oxygens (including phenoxy) is 3. The lowest BCUT2D eigenvalue weighted by atomic mass is 10.1. The van der Waals surface area contributed by atoms with Crippen LogP contribution in [0.4, 0.5) is 4.79 Å². The van der Waals surface area contributed by atoms with Gasteiger partial charge in [0.25, 0.3) is 0 Å². The molecular formula is C25H36N2O4. The molecule has 0 aliphatic heterocycles. The lowest BCUT2D eigenvalue weighted by molar-refractivity contribution is 0.0956. The number of unbranched alkanes of at least 4 members (excludes halogenated alkanes) is 6. The molecule has 1 atom stereocenters. The highest BCUT2D eigenvalue weighted by Crippen LogP contribution is 2.21. The second-order valence-electron chi connectivity index (χ2n) is 7.91. The van der Waals surface area contributed by atoms with Crippen LogP contribution in [0.25, 0.3) is 11.3 Å². The Hall–Kier alpha value is -2.63. The number of nitrogens with zero attached hydrogens (tertiary/aromatic N) is 2. The van der Waals surface area contributed by atoms with Crippen LogP contribution in [0.5, 0.6) is 11.6 Å². The molecule has 1 unspecified atom stereocenters. The Kier molecular flexibility index (Phi) is 11.4. The molecular weight excluding hydrogens is 392 g/mol. The SMILES string of the molecule is CCCCCCCCCOC(=O)Oc1cnc(-c2ccc(OCC(C)CC)cc2)cn1. The van der Waals surface area contributed by atoms with Crippen molar-refractivity contribution in [1.82, 2.24) is 9.97 Å². The lowest BCUT2D eigenvalue weighted by Crippen LogP contribution is -2.12. The summed E-state index contributed by atoms with van der Waals surface area (Å²) in [5, 5.41) is 0. The third-order valence-corrected chi connectivity index (χ3v) is 5.17. The summed E-state index contributed by atoms with van der Waals surface area (Å²) in [6, 6.07) is 7.72. The van der Waals surface area contributed by atoms with Crippen LogP contribution in [0.1, 0.15) is 72.1 Å². The molecule has 1 aromatic carbocycles. The molecule has 0 amide bonds. The second-order valence-corrected chi connectivity index (χ2v) is 7.91. The van der Waals surface area contributed by atoms with Crippen molar-refractivity contribution in [3.05, 3.63) is 36.7 Å². The molecule has 1 heterocycles. The molecule has 0 bridgehead atoms. The molecule has 31 heavy (non-hydrogen) atoms.